The van der Waals surface area contributed by atoms with Crippen molar-refractivity contribution in [2.45, 2.75) is 71.6 Å². The summed E-state index contributed by atoms with van der Waals surface area (Å²) < 4.78 is 5.46. The van der Waals surface area contributed by atoms with Crippen LogP contribution in [-0.2, 0) is 4.74 Å². The third-order valence-corrected chi connectivity index (χ3v) is 4.71. The lowest BCUT2D eigenvalue weighted by molar-refractivity contribution is 0.0290. The molecule has 1 fully saturated rings. The van der Waals surface area contributed by atoms with Gasteiger partial charge in [-0.15, -0.1) is 0 Å². The maximum absolute atomic E-state index is 12.1. The van der Waals surface area contributed by atoms with Gasteiger partial charge in [0.15, 0.2) is 0 Å². The monoisotopic (exact) mass is 327 g/mol. The number of likely N-dealkylation sites (N-methyl/N-ethyl adjacent to an activating group) is 1. The minimum atomic E-state index is -0.423. The number of hydrogen-bond acceptors (Lipinski definition) is 4. The normalized spacial score (nSPS) is 20.4. The van der Waals surface area contributed by atoms with E-state index in [9.17, 15) is 4.79 Å². The van der Waals surface area contributed by atoms with Gasteiger partial charge in [-0.25, -0.2) is 4.79 Å². The molecule has 2 atom stereocenters. The van der Waals surface area contributed by atoms with Crippen molar-refractivity contribution in [1.29, 1.82) is 0 Å². The highest BCUT2D eigenvalue weighted by Crippen LogP contribution is 2.18. The molecule has 1 rings (SSSR count). The van der Waals surface area contributed by atoms with Gasteiger partial charge < -0.3 is 19.9 Å². The van der Waals surface area contributed by atoms with E-state index in [0.29, 0.717) is 18.0 Å². The van der Waals surface area contributed by atoms with E-state index in [-0.39, 0.29) is 6.09 Å². The van der Waals surface area contributed by atoms with Gasteiger partial charge in [0, 0.05) is 31.7 Å². The van der Waals surface area contributed by atoms with Crippen LogP contribution in [-0.4, -0.2) is 67.3 Å². The number of nitrogens with one attached hydrogen (secondary N) is 1. The number of carbonyl (C=O) groups is 1. The zero-order valence-electron chi connectivity index (χ0n) is 16.2. The second-order valence-electron chi connectivity index (χ2n) is 7.93. The summed E-state index contributed by atoms with van der Waals surface area (Å²) in [6.45, 7) is 12.8. The average molecular weight is 328 g/mol. The summed E-state index contributed by atoms with van der Waals surface area (Å²) in [7, 11) is 4.32. The number of likely N-dealkylation sites (tertiary alicyclic amines) is 1. The standard InChI is InChI=1S/C18H37N3O2/c1-8-14(9-2)16(20(6)7)12-19-15-10-11-21(13-15)17(22)23-18(3,4)5/h14-16,19H,8-13H2,1-7H3/t15-,16-/m0/s1. The van der Waals surface area contributed by atoms with Crippen molar-refractivity contribution in [3.63, 3.8) is 0 Å². The fourth-order valence-corrected chi connectivity index (χ4v) is 3.31. The van der Waals surface area contributed by atoms with Gasteiger partial charge in [0.05, 0.1) is 0 Å². The summed E-state index contributed by atoms with van der Waals surface area (Å²) in [4.78, 5) is 16.3. The Labute approximate surface area is 142 Å². The lowest BCUT2D eigenvalue weighted by atomic mass is 9.93. The van der Waals surface area contributed by atoms with Crippen molar-refractivity contribution < 1.29 is 9.53 Å². The quantitative estimate of drug-likeness (QED) is 0.781. The molecule has 5 heteroatoms. The Balaban J connectivity index is 2.46. The van der Waals surface area contributed by atoms with E-state index in [4.69, 9.17) is 4.74 Å². The fourth-order valence-electron chi connectivity index (χ4n) is 3.31. The van der Waals surface area contributed by atoms with Crippen molar-refractivity contribution in [3.05, 3.63) is 0 Å². The van der Waals surface area contributed by atoms with E-state index in [1.165, 1.54) is 12.8 Å². The summed E-state index contributed by atoms with van der Waals surface area (Å²) in [6.07, 6.45) is 3.22. The number of carbonyl (C=O) groups excluding carboxylic acids is 1. The predicted octanol–water partition coefficient (Wildman–Crippen LogP) is 2.95. The number of ether oxygens (including phenoxy) is 1. The molecular weight excluding hydrogens is 290 g/mol. The van der Waals surface area contributed by atoms with Crippen LogP contribution in [0.5, 0.6) is 0 Å². The van der Waals surface area contributed by atoms with Crippen LogP contribution in [0, 0.1) is 5.92 Å². The van der Waals surface area contributed by atoms with Crippen LogP contribution in [0.2, 0.25) is 0 Å². The van der Waals surface area contributed by atoms with Crippen molar-refractivity contribution in [2.24, 2.45) is 5.92 Å². The Kier molecular flexibility index (Phi) is 7.81. The lowest BCUT2D eigenvalue weighted by Gasteiger charge is -2.32. The van der Waals surface area contributed by atoms with Crippen LogP contribution in [0.4, 0.5) is 4.79 Å². The van der Waals surface area contributed by atoms with Crippen molar-refractivity contribution in [1.82, 2.24) is 15.1 Å². The number of nitrogens with zero attached hydrogens (tertiary/aromatic N) is 2. The second-order valence-corrected chi connectivity index (χ2v) is 7.93. The maximum atomic E-state index is 12.1. The van der Waals surface area contributed by atoms with Gasteiger partial charge in [-0.05, 0) is 47.2 Å². The van der Waals surface area contributed by atoms with Crippen molar-refractivity contribution >= 4 is 6.09 Å². The third-order valence-electron chi connectivity index (χ3n) is 4.71. The van der Waals surface area contributed by atoms with Crippen LogP contribution < -0.4 is 5.32 Å². The molecule has 0 spiro atoms. The van der Waals surface area contributed by atoms with Crippen molar-refractivity contribution in [3.8, 4) is 0 Å². The topological polar surface area (TPSA) is 44.8 Å². The van der Waals surface area contributed by atoms with Gasteiger partial charge >= 0.3 is 6.09 Å². The molecule has 0 saturated carbocycles. The van der Waals surface area contributed by atoms with Crippen LogP contribution in [0.1, 0.15) is 53.9 Å². The first-order valence-corrected chi connectivity index (χ1v) is 9.05. The van der Waals surface area contributed by atoms with Gasteiger partial charge in [0.1, 0.15) is 5.60 Å². The maximum Gasteiger partial charge on any atom is 0.410 e. The Morgan fingerprint density at radius 3 is 2.39 bits per heavy atom. The molecule has 23 heavy (non-hydrogen) atoms. The largest absolute Gasteiger partial charge is 0.444 e. The fraction of sp³-hybridized carbons (Fsp3) is 0.944. The minimum Gasteiger partial charge on any atom is -0.444 e. The van der Waals surface area contributed by atoms with Crippen LogP contribution in [0.25, 0.3) is 0 Å². The Bertz CT molecular complexity index is 362. The molecule has 1 heterocycles. The lowest BCUT2D eigenvalue weighted by Crippen LogP contribution is -2.47. The molecule has 136 valence electrons. The van der Waals surface area contributed by atoms with Crippen LogP contribution in [0.15, 0.2) is 0 Å². The second kappa shape index (κ2) is 8.88. The Hall–Kier alpha value is -0.810. The third kappa shape index (κ3) is 6.68. The highest BCUT2D eigenvalue weighted by Gasteiger charge is 2.30. The van der Waals surface area contributed by atoms with E-state index in [2.05, 4.69) is 38.2 Å². The summed E-state index contributed by atoms with van der Waals surface area (Å²) in [5.41, 5.74) is -0.423. The summed E-state index contributed by atoms with van der Waals surface area (Å²) in [6, 6.07) is 0.917. The molecule has 0 radical (unpaired) electrons. The van der Waals surface area contributed by atoms with E-state index >= 15 is 0 Å². The Morgan fingerprint density at radius 1 is 1.30 bits per heavy atom. The SMILES string of the molecule is CCC(CC)[C@H](CN[C@H]1CCN(C(=O)OC(C)(C)C)C1)N(C)C. The van der Waals surface area contributed by atoms with Gasteiger partial charge in [-0.1, -0.05) is 26.7 Å². The first-order chi connectivity index (χ1) is 10.7. The molecule has 0 aliphatic carbocycles. The molecule has 0 unspecified atom stereocenters. The van der Waals surface area contributed by atoms with Gasteiger partial charge in [-0.2, -0.15) is 0 Å². The first-order valence-electron chi connectivity index (χ1n) is 9.05. The Morgan fingerprint density at radius 2 is 1.91 bits per heavy atom. The molecule has 1 saturated heterocycles. The van der Waals surface area contributed by atoms with E-state index in [1.54, 1.807) is 0 Å². The highest BCUT2D eigenvalue weighted by molar-refractivity contribution is 5.68. The molecule has 1 aliphatic rings. The number of hydrogen-bond donors (Lipinski definition) is 1. The van der Waals surface area contributed by atoms with E-state index in [0.717, 1.165) is 26.1 Å². The van der Waals surface area contributed by atoms with E-state index in [1.807, 2.05) is 25.7 Å². The average Bonchev–Trinajstić information content (AvgIpc) is 2.90. The van der Waals surface area contributed by atoms with Gasteiger partial charge in [-0.3, -0.25) is 0 Å². The highest BCUT2D eigenvalue weighted by atomic mass is 16.6. The molecule has 0 aromatic rings. The minimum absolute atomic E-state index is 0.189. The first kappa shape index (κ1) is 20.2. The van der Waals surface area contributed by atoms with Gasteiger partial charge in [0.2, 0.25) is 0 Å². The summed E-state index contributed by atoms with van der Waals surface area (Å²) in [5.74, 6) is 0.709. The molecular formula is C18H37N3O2. The van der Waals surface area contributed by atoms with Crippen LogP contribution in [0.3, 0.4) is 0 Å². The smallest absolute Gasteiger partial charge is 0.410 e. The summed E-state index contributed by atoms with van der Waals surface area (Å²) in [5, 5.41) is 3.67. The molecule has 1 N–H and O–H groups in total. The molecule has 5 nitrogen and oxygen atoms in total. The zero-order valence-corrected chi connectivity index (χ0v) is 16.2. The molecule has 0 aromatic carbocycles. The molecule has 1 amide bonds. The molecule has 0 bridgehead atoms. The summed E-state index contributed by atoms with van der Waals surface area (Å²) >= 11 is 0. The number of amides is 1. The van der Waals surface area contributed by atoms with Crippen LogP contribution >= 0.6 is 0 Å². The van der Waals surface area contributed by atoms with Crippen molar-refractivity contribution in [2.75, 3.05) is 33.7 Å². The molecule has 0 aromatic heterocycles. The van der Waals surface area contributed by atoms with Gasteiger partial charge in [0.25, 0.3) is 0 Å². The van der Waals surface area contributed by atoms with E-state index < -0.39 is 5.60 Å². The molecule has 1 aliphatic heterocycles. The predicted molar refractivity (Wildman–Crippen MR) is 95.8 cm³/mol. The number of rotatable bonds is 7. The zero-order chi connectivity index (χ0) is 17.6.